The Bertz CT molecular complexity index is 410. The van der Waals surface area contributed by atoms with E-state index in [1.54, 1.807) is 6.20 Å². The molecular formula is C9H11N4O+. The lowest BCUT2D eigenvalue weighted by Crippen LogP contribution is -2.51. The Morgan fingerprint density at radius 1 is 1.43 bits per heavy atom. The van der Waals surface area contributed by atoms with Crippen LogP contribution in [0.4, 0.5) is 0 Å². The molecule has 2 aromatic heterocycles. The Balaban J connectivity index is 2.34. The summed E-state index contributed by atoms with van der Waals surface area (Å²) in [5.74, 6) is 1.04. The van der Waals surface area contributed by atoms with Gasteiger partial charge >= 0.3 is 0 Å². The van der Waals surface area contributed by atoms with Gasteiger partial charge in [0.1, 0.15) is 5.69 Å². The van der Waals surface area contributed by atoms with Crippen molar-refractivity contribution in [3.05, 3.63) is 30.3 Å². The van der Waals surface area contributed by atoms with Gasteiger partial charge in [0.2, 0.25) is 5.82 Å². The van der Waals surface area contributed by atoms with E-state index in [0.29, 0.717) is 17.4 Å². The summed E-state index contributed by atoms with van der Waals surface area (Å²) in [6, 6.07) is 5.56. The number of hydrogen-bond acceptors (Lipinski definition) is 4. The lowest BCUT2D eigenvalue weighted by Gasteiger charge is -1.90. The summed E-state index contributed by atoms with van der Waals surface area (Å²) in [6.45, 7) is 1.90. The molecular weight excluding hydrogens is 180 g/mol. The van der Waals surface area contributed by atoms with E-state index < -0.39 is 0 Å². The van der Waals surface area contributed by atoms with E-state index in [2.05, 4.69) is 20.9 Å². The third-order valence-corrected chi connectivity index (χ3v) is 1.76. The molecule has 1 atom stereocenters. The highest BCUT2D eigenvalue weighted by atomic mass is 16.5. The van der Waals surface area contributed by atoms with Crippen molar-refractivity contribution < 1.29 is 10.3 Å². The van der Waals surface area contributed by atoms with Crippen LogP contribution in [0.5, 0.6) is 0 Å². The summed E-state index contributed by atoms with van der Waals surface area (Å²) in [7, 11) is 0. The van der Waals surface area contributed by atoms with Crippen LogP contribution in [0.2, 0.25) is 0 Å². The van der Waals surface area contributed by atoms with Crippen LogP contribution in [0.1, 0.15) is 18.9 Å². The second-order valence-corrected chi connectivity index (χ2v) is 3.07. The summed E-state index contributed by atoms with van der Waals surface area (Å²) in [5.41, 5.74) is 4.51. The number of rotatable bonds is 2. The fourth-order valence-corrected chi connectivity index (χ4v) is 1.03. The first kappa shape index (κ1) is 8.83. The summed E-state index contributed by atoms with van der Waals surface area (Å²) in [6.07, 6.45) is 1.69. The molecule has 0 bridgehead atoms. The Morgan fingerprint density at radius 2 is 2.29 bits per heavy atom. The molecule has 0 radical (unpaired) electrons. The van der Waals surface area contributed by atoms with Crippen molar-refractivity contribution >= 4 is 0 Å². The van der Waals surface area contributed by atoms with Gasteiger partial charge in [-0.3, -0.25) is 4.98 Å². The van der Waals surface area contributed by atoms with Crippen LogP contribution >= 0.6 is 0 Å². The molecule has 0 saturated carbocycles. The van der Waals surface area contributed by atoms with Gasteiger partial charge in [0.15, 0.2) is 6.04 Å². The molecule has 14 heavy (non-hydrogen) atoms. The molecule has 0 unspecified atom stereocenters. The first-order valence-electron chi connectivity index (χ1n) is 4.35. The van der Waals surface area contributed by atoms with Crippen molar-refractivity contribution in [1.29, 1.82) is 0 Å². The van der Waals surface area contributed by atoms with Crippen LogP contribution < -0.4 is 5.73 Å². The van der Waals surface area contributed by atoms with Crippen LogP contribution in [-0.2, 0) is 0 Å². The molecule has 0 saturated heterocycles. The molecule has 5 nitrogen and oxygen atoms in total. The minimum atomic E-state index is -0.0000350. The van der Waals surface area contributed by atoms with Crippen LogP contribution in [0, 0.1) is 0 Å². The average Bonchev–Trinajstić information content (AvgIpc) is 2.68. The van der Waals surface area contributed by atoms with E-state index in [9.17, 15) is 0 Å². The van der Waals surface area contributed by atoms with E-state index >= 15 is 0 Å². The molecule has 2 rings (SSSR count). The molecule has 0 fully saturated rings. The van der Waals surface area contributed by atoms with Gasteiger partial charge in [-0.15, -0.1) is 0 Å². The quantitative estimate of drug-likeness (QED) is 0.746. The molecule has 0 aliphatic rings. The third kappa shape index (κ3) is 1.62. The maximum Gasteiger partial charge on any atom is 0.284 e. The van der Waals surface area contributed by atoms with Crippen LogP contribution in [0.25, 0.3) is 11.5 Å². The first-order chi connectivity index (χ1) is 6.77. The fourth-order valence-electron chi connectivity index (χ4n) is 1.03. The second-order valence-electron chi connectivity index (χ2n) is 3.07. The first-order valence-corrected chi connectivity index (χ1v) is 4.35. The fraction of sp³-hybridized carbons (Fsp3) is 0.222. The van der Waals surface area contributed by atoms with Crippen molar-refractivity contribution in [2.75, 3.05) is 0 Å². The van der Waals surface area contributed by atoms with Crippen LogP contribution in [0.3, 0.4) is 0 Å². The molecule has 0 aromatic carbocycles. The van der Waals surface area contributed by atoms with Gasteiger partial charge in [0.25, 0.3) is 5.89 Å². The minimum Gasteiger partial charge on any atom is -0.348 e. The lowest BCUT2D eigenvalue weighted by atomic mass is 10.3. The predicted octanol–water partition coefficient (Wildman–Crippen LogP) is 0.435. The van der Waals surface area contributed by atoms with E-state index in [4.69, 9.17) is 4.52 Å². The SMILES string of the molecule is C[C@@H]([NH3+])c1nc(-c2ccccn2)no1. The van der Waals surface area contributed by atoms with Gasteiger partial charge in [-0.2, -0.15) is 4.98 Å². The molecule has 0 amide bonds. The molecule has 3 N–H and O–H groups in total. The average molecular weight is 191 g/mol. The topological polar surface area (TPSA) is 79.5 Å². The van der Waals surface area contributed by atoms with Gasteiger partial charge in [0, 0.05) is 6.20 Å². The van der Waals surface area contributed by atoms with E-state index in [-0.39, 0.29) is 6.04 Å². The minimum absolute atomic E-state index is 0.0000350. The molecule has 2 aromatic rings. The Labute approximate surface area is 81.0 Å². The highest BCUT2D eigenvalue weighted by Crippen LogP contribution is 2.13. The number of hydrogen-bond donors (Lipinski definition) is 1. The Morgan fingerprint density at radius 3 is 2.86 bits per heavy atom. The van der Waals surface area contributed by atoms with Gasteiger partial charge in [-0.05, 0) is 19.1 Å². The standard InChI is InChI=1S/C9H10N4O/c1-6(10)9-12-8(13-14-9)7-4-2-3-5-11-7/h2-6H,10H2,1H3/p+1/t6-/m1/s1. The number of pyridine rings is 1. The van der Waals surface area contributed by atoms with Crippen molar-refractivity contribution in [2.24, 2.45) is 0 Å². The summed E-state index contributed by atoms with van der Waals surface area (Å²) in [5, 5.41) is 3.82. The number of nitrogens with zero attached hydrogens (tertiary/aromatic N) is 3. The van der Waals surface area contributed by atoms with Crippen molar-refractivity contribution in [3.63, 3.8) is 0 Å². The predicted molar refractivity (Wildman–Crippen MR) is 48.8 cm³/mol. The monoisotopic (exact) mass is 191 g/mol. The maximum absolute atomic E-state index is 5.02. The highest BCUT2D eigenvalue weighted by Gasteiger charge is 2.14. The largest absolute Gasteiger partial charge is 0.348 e. The summed E-state index contributed by atoms with van der Waals surface area (Å²) >= 11 is 0. The number of quaternary nitrogens is 1. The van der Waals surface area contributed by atoms with Gasteiger partial charge in [0.05, 0.1) is 0 Å². The van der Waals surface area contributed by atoms with Gasteiger partial charge in [-0.1, -0.05) is 11.2 Å². The Kier molecular flexibility index (Phi) is 2.24. The molecule has 0 aliphatic heterocycles. The van der Waals surface area contributed by atoms with Crippen molar-refractivity contribution in [1.82, 2.24) is 15.1 Å². The maximum atomic E-state index is 5.02. The second kappa shape index (κ2) is 3.55. The molecule has 72 valence electrons. The van der Waals surface area contributed by atoms with Crippen LogP contribution in [-0.4, -0.2) is 15.1 Å². The smallest absolute Gasteiger partial charge is 0.284 e. The lowest BCUT2D eigenvalue weighted by molar-refractivity contribution is -0.425. The zero-order valence-electron chi connectivity index (χ0n) is 7.84. The normalized spacial score (nSPS) is 12.7. The number of aromatic nitrogens is 3. The van der Waals surface area contributed by atoms with E-state index in [0.717, 1.165) is 0 Å². The molecule has 0 aliphatic carbocycles. The zero-order chi connectivity index (χ0) is 9.97. The van der Waals surface area contributed by atoms with Gasteiger partial charge < -0.3 is 10.3 Å². The van der Waals surface area contributed by atoms with Crippen molar-refractivity contribution in [3.8, 4) is 11.5 Å². The van der Waals surface area contributed by atoms with Crippen LogP contribution in [0.15, 0.2) is 28.9 Å². The molecule has 0 spiro atoms. The summed E-state index contributed by atoms with van der Waals surface area (Å²) < 4.78 is 5.02. The molecule has 5 heteroatoms. The summed E-state index contributed by atoms with van der Waals surface area (Å²) in [4.78, 5) is 8.29. The van der Waals surface area contributed by atoms with Crippen molar-refractivity contribution in [2.45, 2.75) is 13.0 Å². The zero-order valence-corrected chi connectivity index (χ0v) is 7.84. The highest BCUT2D eigenvalue weighted by molar-refractivity contribution is 5.47. The molecule has 2 heterocycles. The van der Waals surface area contributed by atoms with Gasteiger partial charge in [-0.25, -0.2) is 0 Å². The third-order valence-electron chi connectivity index (χ3n) is 1.76. The Hall–Kier alpha value is -1.75. The van der Waals surface area contributed by atoms with E-state index in [1.165, 1.54) is 0 Å². The van der Waals surface area contributed by atoms with E-state index in [1.807, 2.05) is 25.1 Å².